The summed E-state index contributed by atoms with van der Waals surface area (Å²) in [6.45, 7) is 9.46. The zero-order valence-electron chi connectivity index (χ0n) is 18.8. The van der Waals surface area contributed by atoms with E-state index in [9.17, 15) is 14.4 Å². The van der Waals surface area contributed by atoms with Gasteiger partial charge in [-0.2, -0.15) is 0 Å². The molecule has 30 heavy (non-hydrogen) atoms. The molecule has 2 rings (SSSR count). The molecule has 7 nitrogen and oxygen atoms in total. The van der Waals surface area contributed by atoms with Crippen LogP contribution in [-0.4, -0.2) is 46.9 Å². The number of benzene rings is 1. The quantitative estimate of drug-likeness (QED) is 0.547. The molecule has 1 aromatic heterocycles. The summed E-state index contributed by atoms with van der Waals surface area (Å²) >= 11 is 0. The predicted molar refractivity (Wildman–Crippen MR) is 117 cm³/mol. The second-order valence-corrected chi connectivity index (χ2v) is 7.29. The van der Waals surface area contributed by atoms with E-state index in [1.807, 2.05) is 38.1 Å². The number of aryl methyl sites for hydroxylation is 1. The summed E-state index contributed by atoms with van der Waals surface area (Å²) in [6, 6.07) is 6.60. The van der Waals surface area contributed by atoms with Crippen molar-refractivity contribution in [1.82, 2.24) is 9.47 Å². The van der Waals surface area contributed by atoms with Gasteiger partial charge < -0.3 is 19.5 Å². The smallest absolute Gasteiger partial charge is 0.354 e. The van der Waals surface area contributed by atoms with Gasteiger partial charge in [0.15, 0.2) is 5.78 Å². The third kappa shape index (κ3) is 4.40. The highest BCUT2D eigenvalue weighted by Crippen LogP contribution is 2.25. The van der Waals surface area contributed by atoms with Crippen molar-refractivity contribution in [3.8, 4) is 0 Å². The van der Waals surface area contributed by atoms with Gasteiger partial charge in [-0.15, -0.1) is 0 Å². The lowest BCUT2D eigenvalue weighted by Gasteiger charge is -2.27. The average Bonchev–Trinajstić information content (AvgIpc) is 2.95. The molecule has 1 heterocycles. The summed E-state index contributed by atoms with van der Waals surface area (Å²) in [6.07, 6.45) is 0.866. The third-order valence-electron chi connectivity index (χ3n) is 5.59. The number of rotatable bonds is 7. The molecule has 1 aromatic carbocycles. The van der Waals surface area contributed by atoms with Gasteiger partial charge in [0.2, 0.25) is 0 Å². The molecule has 0 saturated carbocycles. The number of anilines is 1. The largest absolute Gasteiger partial charge is 0.464 e. The van der Waals surface area contributed by atoms with Gasteiger partial charge in [0, 0.05) is 30.5 Å². The van der Waals surface area contributed by atoms with Crippen LogP contribution < -0.4 is 5.32 Å². The number of aromatic nitrogens is 1. The van der Waals surface area contributed by atoms with E-state index in [1.165, 1.54) is 12.0 Å². The van der Waals surface area contributed by atoms with Crippen molar-refractivity contribution < 1.29 is 19.1 Å². The van der Waals surface area contributed by atoms with Crippen LogP contribution in [0.25, 0.3) is 0 Å². The number of methoxy groups -OCH3 is 1. The minimum atomic E-state index is -0.699. The highest BCUT2D eigenvalue weighted by atomic mass is 16.5. The van der Waals surface area contributed by atoms with Crippen molar-refractivity contribution in [2.75, 3.05) is 19.0 Å². The fraction of sp³-hybridized carbons (Fsp3) is 0.435. The minimum absolute atomic E-state index is 0.213. The van der Waals surface area contributed by atoms with Crippen LogP contribution >= 0.6 is 0 Å². The summed E-state index contributed by atoms with van der Waals surface area (Å²) in [7, 11) is 3.03. The van der Waals surface area contributed by atoms with Crippen LogP contribution in [0.5, 0.6) is 0 Å². The lowest BCUT2D eigenvalue weighted by Crippen LogP contribution is -2.45. The second kappa shape index (κ2) is 9.61. The van der Waals surface area contributed by atoms with Crippen LogP contribution in [-0.2, 0) is 18.2 Å². The van der Waals surface area contributed by atoms with Gasteiger partial charge in [0.05, 0.1) is 13.2 Å². The van der Waals surface area contributed by atoms with Crippen molar-refractivity contribution in [3.05, 3.63) is 52.3 Å². The second-order valence-electron chi connectivity index (χ2n) is 7.29. The van der Waals surface area contributed by atoms with E-state index < -0.39 is 12.0 Å². The van der Waals surface area contributed by atoms with E-state index in [-0.39, 0.29) is 11.8 Å². The van der Waals surface area contributed by atoms with Gasteiger partial charge in [-0.25, -0.2) is 9.59 Å². The first-order chi connectivity index (χ1) is 14.2. The number of nitrogens with zero attached hydrogens (tertiary/aromatic N) is 2. The SMILES string of the molecule is CCc1cccc(NC(=O)N(CC)C(C)C(=O)c2c(C)c(C(=O)OC)n(C)c2C)c1. The summed E-state index contributed by atoms with van der Waals surface area (Å²) in [5.74, 6) is -0.708. The van der Waals surface area contributed by atoms with Gasteiger partial charge in [-0.3, -0.25) is 4.79 Å². The first kappa shape index (κ1) is 23.2. The molecule has 0 radical (unpaired) electrons. The third-order valence-corrected chi connectivity index (χ3v) is 5.59. The lowest BCUT2D eigenvalue weighted by atomic mass is 10.00. The zero-order chi connectivity index (χ0) is 22.6. The van der Waals surface area contributed by atoms with Crippen LogP contribution in [0.15, 0.2) is 24.3 Å². The Hall–Kier alpha value is -3.09. The molecule has 0 spiro atoms. The Balaban J connectivity index is 2.31. The maximum absolute atomic E-state index is 13.3. The van der Waals surface area contributed by atoms with Crippen molar-refractivity contribution >= 4 is 23.5 Å². The number of urea groups is 1. The summed E-state index contributed by atoms with van der Waals surface area (Å²) in [4.78, 5) is 39.9. The van der Waals surface area contributed by atoms with Crippen molar-refractivity contribution in [1.29, 1.82) is 0 Å². The molecule has 0 aliphatic carbocycles. The number of likely N-dealkylation sites (N-methyl/N-ethyl adjacent to an activating group) is 1. The molecule has 1 unspecified atom stereocenters. The molecule has 0 fully saturated rings. The van der Waals surface area contributed by atoms with E-state index in [2.05, 4.69) is 5.32 Å². The molecular weight excluding hydrogens is 382 g/mol. The molecule has 2 amide bonds. The molecular formula is C23H31N3O4. The number of carbonyl (C=O) groups excluding carboxylic acids is 3. The molecule has 0 aliphatic rings. The summed E-state index contributed by atoms with van der Waals surface area (Å²) < 4.78 is 6.51. The van der Waals surface area contributed by atoms with E-state index in [0.29, 0.717) is 34.7 Å². The number of esters is 1. The Labute approximate surface area is 178 Å². The Bertz CT molecular complexity index is 962. The molecule has 1 atom stereocenters. The Morgan fingerprint density at radius 1 is 1.20 bits per heavy atom. The monoisotopic (exact) mass is 413 g/mol. The van der Waals surface area contributed by atoms with Crippen LogP contribution in [0.4, 0.5) is 10.5 Å². The molecule has 1 N–H and O–H groups in total. The number of carbonyl (C=O) groups is 3. The topological polar surface area (TPSA) is 80.6 Å². The summed E-state index contributed by atoms with van der Waals surface area (Å²) in [5, 5.41) is 2.88. The fourth-order valence-electron chi connectivity index (χ4n) is 3.73. The Morgan fingerprint density at radius 2 is 1.87 bits per heavy atom. The maximum Gasteiger partial charge on any atom is 0.354 e. The van der Waals surface area contributed by atoms with Gasteiger partial charge in [-0.05, 0) is 57.4 Å². The van der Waals surface area contributed by atoms with Gasteiger partial charge in [-0.1, -0.05) is 19.1 Å². The average molecular weight is 414 g/mol. The highest BCUT2D eigenvalue weighted by Gasteiger charge is 2.31. The van der Waals surface area contributed by atoms with Crippen molar-refractivity contribution in [2.24, 2.45) is 7.05 Å². The zero-order valence-corrected chi connectivity index (χ0v) is 18.8. The molecule has 0 aliphatic heterocycles. The van der Waals surface area contributed by atoms with Crippen LogP contribution in [0.1, 0.15) is 58.4 Å². The number of ketones is 1. The van der Waals surface area contributed by atoms with Gasteiger partial charge in [0.1, 0.15) is 5.69 Å². The molecule has 7 heteroatoms. The predicted octanol–water partition coefficient (Wildman–Crippen LogP) is 4.12. The van der Waals surface area contributed by atoms with Crippen LogP contribution in [0.3, 0.4) is 0 Å². The standard InChI is InChI=1S/C23H31N3O4/c1-8-17-11-10-12-18(13-17)24-23(29)26(9-2)16(5)21(27)19-14(3)20(22(28)30-7)25(6)15(19)4/h10-13,16H,8-9H2,1-7H3,(H,24,29). The number of hydrogen-bond acceptors (Lipinski definition) is 4. The van der Waals surface area contributed by atoms with E-state index in [4.69, 9.17) is 4.74 Å². The van der Waals surface area contributed by atoms with Gasteiger partial charge in [0.25, 0.3) is 0 Å². The van der Waals surface area contributed by atoms with E-state index in [0.717, 1.165) is 12.0 Å². The first-order valence-corrected chi connectivity index (χ1v) is 10.1. The van der Waals surface area contributed by atoms with E-state index in [1.54, 1.807) is 32.4 Å². The highest BCUT2D eigenvalue weighted by molar-refractivity contribution is 6.07. The number of Topliss-reactive ketones (excluding diaryl/α,β-unsaturated/α-hetero) is 1. The Morgan fingerprint density at radius 3 is 2.43 bits per heavy atom. The van der Waals surface area contributed by atoms with Crippen LogP contribution in [0, 0.1) is 13.8 Å². The van der Waals surface area contributed by atoms with Crippen molar-refractivity contribution in [3.63, 3.8) is 0 Å². The summed E-state index contributed by atoms with van der Waals surface area (Å²) in [5.41, 5.74) is 3.82. The molecule has 0 bridgehead atoms. The van der Waals surface area contributed by atoms with E-state index >= 15 is 0 Å². The maximum atomic E-state index is 13.3. The van der Waals surface area contributed by atoms with Crippen molar-refractivity contribution in [2.45, 2.75) is 47.1 Å². The molecule has 0 saturated heterocycles. The lowest BCUT2D eigenvalue weighted by molar-refractivity contribution is 0.0588. The number of amides is 2. The number of ether oxygens (including phenoxy) is 1. The normalized spacial score (nSPS) is 11.7. The van der Waals surface area contributed by atoms with Crippen LogP contribution in [0.2, 0.25) is 0 Å². The molecule has 2 aromatic rings. The fourth-order valence-corrected chi connectivity index (χ4v) is 3.73. The Kier molecular flexibility index (Phi) is 7.43. The van der Waals surface area contributed by atoms with Gasteiger partial charge >= 0.3 is 12.0 Å². The minimum Gasteiger partial charge on any atom is -0.464 e. The first-order valence-electron chi connectivity index (χ1n) is 10.1. The number of nitrogens with one attached hydrogen (secondary N) is 1. The molecule has 162 valence electrons. The number of hydrogen-bond donors (Lipinski definition) is 1.